The number of nitrogens with one attached hydrogen (secondary N) is 1. The number of aromatic nitrogens is 3. The SMILES string of the molecule is O=C(Nc1ccc(F)cc1)N1CC(n2cc(COc3ccccc3)nn2)C1. The molecule has 2 aromatic carbocycles. The second-order valence-electron chi connectivity index (χ2n) is 6.29. The molecule has 27 heavy (non-hydrogen) atoms. The average molecular weight is 367 g/mol. The summed E-state index contributed by atoms with van der Waals surface area (Å²) in [6.07, 6.45) is 1.84. The monoisotopic (exact) mass is 367 g/mol. The van der Waals surface area contributed by atoms with E-state index in [4.69, 9.17) is 4.74 Å². The zero-order chi connectivity index (χ0) is 18.6. The van der Waals surface area contributed by atoms with Gasteiger partial charge in [0.1, 0.15) is 23.9 Å². The highest BCUT2D eigenvalue weighted by Gasteiger charge is 2.32. The number of likely N-dealkylation sites (tertiary alicyclic amines) is 1. The van der Waals surface area contributed by atoms with Crippen LogP contribution in [0.1, 0.15) is 11.7 Å². The van der Waals surface area contributed by atoms with E-state index in [1.165, 1.54) is 24.3 Å². The maximum Gasteiger partial charge on any atom is 0.321 e. The molecule has 1 aliphatic heterocycles. The summed E-state index contributed by atoms with van der Waals surface area (Å²) in [5.41, 5.74) is 1.29. The van der Waals surface area contributed by atoms with Crippen LogP contribution in [0.2, 0.25) is 0 Å². The normalized spacial score (nSPS) is 13.9. The van der Waals surface area contributed by atoms with Gasteiger partial charge in [-0.15, -0.1) is 5.10 Å². The molecule has 8 heteroatoms. The van der Waals surface area contributed by atoms with Crippen molar-refractivity contribution < 1.29 is 13.9 Å². The van der Waals surface area contributed by atoms with Gasteiger partial charge in [0.25, 0.3) is 0 Å². The average Bonchev–Trinajstić information content (AvgIpc) is 3.10. The van der Waals surface area contributed by atoms with E-state index in [1.54, 1.807) is 9.58 Å². The van der Waals surface area contributed by atoms with Gasteiger partial charge in [-0.2, -0.15) is 0 Å². The molecule has 1 fully saturated rings. The molecule has 138 valence electrons. The Morgan fingerprint density at radius 3 is 2.63 bits per heavy atom. The van der Waals surface area contributed by atoms with Gasteiger partial charge in [0.05, 0.1) is 12.2 Å². The number of halogens is 1. The molecule has 0 aliphatic carbocycles. The summed E-state index contributed by atoms with van der Waals surface area (Å²) in [6, 6.07) is 15.1. The van der Waals surface area contributed by atoms with Crippen molar-refractivity contribution in [3.8, 4) is 5.75 Å². The Labute approximate surface area is 155 Å². The third-order valence-electron chi connectivity index (χ3n) is 4.31. The zero-order valence-electron chi connectivity index (χ0n) is 14.5. The Bertz CT molecular complexity index is 907. The van der Waals surface area contributed by atoms with Gasteiger partial charge in [-0.05, 0) is 36.4 Å². The molecular formula is C19H18FN5O2. The largest absolute Gasteiger partial charge is 0.487 e. The smallest absolute Gasteiger partial charge is 0.321 e. The zero-order valence-corrected chi connectivity index (χ0v) is 14.5. The Kier molecular flexibility index (Phi) is 4.69. The van der Waals surface area contributed by atoms with Crippen molar-refractivity contribution in [3.63, 3.8) is 0 Å². The minimum Gasteiger partial charge on any atom is -0.487 e. The van der Waals surface area contributed by atoms with Crippen LogP contribution < -0.4 is 10.1 Å². The maximum absolute atomic E-state index is 12.9. The first-order valence-electron chi connectivity index (χ1n) is 8.57. The molecule has 0 saturated carbocycles. The van der Waals surface area contributed by atoms with Crippen LogP contribution in [-0.2, 0) is 6.61 Å². The number of ether oxygens (including phenoxy) is 1. The van der Waals surface area contributed by atoms with E-state index in [2.05, 4.69) is 15.6 Å². The lowest BCUT2D eigenvalue weighted by Crippen LogP contribution is -2.52. The van der Waals surface area contributed by atoms with Gasteiger partial charge in [-0.1, -0.05) is 23.4 Å². The van der Waals surface area contributed by atoms with Crippen molar-refractivity contribution in [2.45, 2.75) is 12.6 Å². The van der Waals surface area contributed by atoms with E-state index >= 15 is 0 Å². The predicted molar refractivity (Wildman–Crippen MR) is 96.8 cm³/mol. The minimum atomic E-state index is -0.338. The fourth-order valence-electron chi connectivity index (χ4n) is 2.76. The number of anilines is 1. The first-order valence-corrected chi connectivity index (χ1v) is 8.57. The lowest BCUT2D eigenvalue weighted by atomic mass is 10.1. The number of para-hydroxylation sites is 1. The first kappa shape index (κ1) is 17.0. The topological polar surface area (TPSA) is 72.3 Å². The third kappa shape index (κ3) is 4.05. The van der Waals surface area contributed by atoms with Crippen LogP contribution in [0.4, 0.5) is 14.9 Å². The number of urea groups is 1. The van der Waals surface area contributed by atoms with E-state index < -0.39 is 0 Å². The minimum absolute atomic E-state index is 0.0851. The van der Waals surface area contributed by atoms with Gasteiger partial charge < -0.3 is 15.0 Å². The van der Waals surface area contributed by atoms with Crippen LogP contribution in [0.25, 0.3) is 0 Å². The van der Waals surface area contributed by atoms with E-state index in [0.29, 0.717) is 25.4 Å². The first-order chi connectivity index (χ1) is 13.2. The van der Waals surface area contributed by atoms with Gasteiger partial charge in [0.15, 0.2) is 0 Å². The number of amides is 2. The summed E-state index contributed by atoms with van der Waals surface area (Å²) < 4.78 is 20.3. The summed E-state index contributed by atoms with van der Waals surface area (Å²) in [7, 11) is 0. The Hall–Kier alpha value is -3.42. The van der Waals surface area contributed by atoms with Crippen molar-refractivity contribution in [1.82, 2.24) is 19.9 Å². The molecule has 2 amide bonds. The van der Waals surface area contributed by atoms with Crippen LogP contribution in [0, 0.1) is 5.82 Å². The van der Waals surface area contributed by atoms with Crippen molar-refractivity contribution in [3.05, 3.63) is 72.3 Å². The maximum atomic E-state index is 12.9. The molecule has 4 rings (SSSR count). The van der Waals surface area contributed by atoms with Crippen molar-refractivity contribution in [1.29, 1.82) is 0 Å². The third-order valence-corrected chi connectivity index (χ3v) is 4.31. The summed E-state index contributed by atoms with van der Waals surface area (Å²) >= 11 is 0. The number of carbonyl (C=O) groups is 1. The number of benzene rings is 2. The molecule has 0 spiro atoms. The molecule has 1 aromatic heterocycles. The van der Waals surface area contributed by atoms with Crippen LogP contribution in [-0.4, -0.2) is 39.0 Å². The fourth-order valence-corrected chi connectivity index (χ4v) is 2.76. The number of nitrogens with zero attached hydrogens (tertiary/aromatic N) is 4. The fraction of sp³-hybridized carbons (Fsp3) is 0.211. The molecule has 0 radical (unpaired) electrons. The van der Waals surface area contributed by atoms with Gasteiger partial charge in [-0.3, -0.25) is 0 Å². The molecule has 0 bridgehead atoms. The lowest BCUT2D eigenvalue weighted by molar-refractivity contribution is 0.127. The Balaban J connectivity index is 1.26. The highest BCUT2D eigenvalue weighted by atomic mass is 19.1. The predicted octanol–water partition coefficient (Wildman–Crippen LogP) is 3.09. The summed E-state index contributed by atoms with van der Waals surface area (Å²) in [6.45, 7) is 1.41. The molecule has 0 unspecified atom stereocenters. The van der Waals surface area contributed by atoms with Crippen LogP contribution in [0.5, 0.6) is 5.75 Å². The molecule has 1 saturated heterocycles. The number of hydrogen-bond acceptors (Lipinski definition) is 4. The molecule has 1 N–H and O–H groups in total. The van der Waals surface area contributed by atoms with Crippen molar-refractivity contribution in [2.24, 2.45) is 0 Å². The van der Waals surface area contributed by atoms with Crippen LogP contribution in [0.3, 0.4) is 0 Å². The molecule has 0 atom stereocenters. The molecule has 2 heterocycles. The summed E-state index contributed by atoms with van der Waals surface area (Å²) in [5.74, 6) is 0.439. The van der Waals surface area contributed by atoms with E-state index in [0.717, 1.165) is 11.4 Å². The summed E-state index contributed by atoms with van der Waals surface area (Å²) in [4.78, 5) is 13.8. The van der Waals surface area contributed by atoms with Gasteiger partial charge in [0, 0.05) is 18.8 Å². The van der Waals surface area contributed by atoms with Gasteiger partial charge in [0.2, 0.25) is 0 Å². The lowest BCUT2D eigenvalue weighted by Gasteiger charge is -2.38. The van der Waals surface area contributed by atoms with Crippen molar-refractivity contribution >= 4 is 11.7 Å². The second kappa shape index (κ2) is 7.45. The van der Waals surface area contributed by atoms with Crippen molar-refractivity contribution in [2.75, 3.05) is 18.4 Å². The highest BCUT2D eigenvalue weighted by Crippen LogP contribution is 2.22. The second-order valence-corrected chi connectivity index (χ2v) is 6.29. The molecule has 3 aromatic rings. The Morgan fingerprint density at radius 1 is 1.15 bits per heavy atom. The number of carbonyl (C=O) groups excluding carboxylic acids is 1. The summed E-state index contributed by atoms with van der Waals surface area (Å²) in [5, 5.41) is 11.0. The highest BCUT2D eigenvalue weighted by molar-refractivity contribution is 5.89. The molecule has 7 nitrogen and oxygen atoms in total. The van der Waals surface area contributed by atoms with Gasteiger partial charge >= 0.3 is 6.03 Å². The van der Waals surface area contributed by atoms with Crippen LogP contribution >= 0.6 is 0 Å². The van der Waals surface area contributed by atoms with E-state index in [1.807, 2.05) is 36.5 Å². The molecule has 1 aliphatic rings. The quantitative estimate of drug-likeness (QED) is 0.752. The number of rotatable bonds is 5. The molecular weight excluding hydrogens is 349 g/mol. The van der Waals surface area contributed by atoms with E-state index in [-0.39, 0.29) is 17.9 Å². The van der Waals surface area contributed by atoms with Crippen LogP contribution in [0.15, 0.2) is 60.8 Å². The Morgan fingerprint density at radius 2 is 1.89 bits per heavy atom. The number of hydrogen-bond donors (Lipinski definition) is 1. The van der Waals surface area contributed by atoms with Gasteiger partial charge in [-0.25, -0.2) is 13.9 Å². The van der Waals surface area contributed by atoms with E-state index in [9.17, 15) is 9.18 Å². The standard InChI is InChI=1S/C19H18FN5O2/c20-14-6-8-15(9-7-14)21-19(26)24-11-17(12-24)25-10-16(22-23-25)13-27-18-4-2-1-3-5-18/h1-10,17H,11-13H2,(H,21,26).